The number of halogens is 2. The van der Waals surface area contributed by atoms with Crippen LogP contribution >= 0.6 is 12.4 Å². The third-order valence-electron chi connectivity index (χ3n) is 4.88. The van der Waals surface area contributed by atoms with Gasteiger partial charge in [-0.05, 0) is 55.0 Å². The van der Waals surface area contributed by atoms with E-state index in [9.17, 15) is 4.39 Å². The summed E-state index contributed by atoms with van der Waals surface area (Å²) in [5.41, 5.74) is 4.32. The zero-order valence-corrected chi connectivity index (χ0v) is 20.2. The molecule has 10 nitrogen and oxygen atoms in total. The molecule has 0 unspecified atom stereocenters. The molecule has 186 valence electrons. The zero-order valence-electron chi connectivity index (χ0n) is 19.4. The average Bonchev–Trinajstić information content (AvgIpc) is 2.87. The van der Waals surface area contributed by atoms with Crippen LogP contribution in [0.2, 0.25) is 0 Å². The summed E-state index contributed by atoms with van der Waals surface area (Å²) in [5.74, 6) is 2.02. The number of hydrogen-bond donors (Lipinski definition) is 2. The van der Waals surface area contributed by atoms with Crippen LogP contribution in [0.25, 0.3) is 0 Å². The molecule has 0 saturated carbocycles. The SMILES string of the molecule is CCOc1ccc(/C=N/Nc2nc(Nc3ccc(F)cc3)nc(N3CCOCC3)n2)cc1OC.Cl. The highest BCUT2D eigenvalue weighted by Crippen LogP contribution is 2.27. The van der Waals surface area contributed by atoms with Crippen molar-refractivity contribution in [2.75, 3.05) is 55.7 Å². The van der Waals surface area contributed by atoms with Crippen LogP contribution < -0.4 is 25.1 Å². The van der Waals surface area contributed by atoms with Gasteiger partial charge in [-0.15, -0.1) is 12.4 Å². The Morgan fingerprint density at radius 3 is 2.51 bits per heavy atom. The summed E-state index contributed by atoms with van der Waals surface area (Å²) >= 11 is 0. The lowest BCUT2D eigenvalue weighted by atomic mass is 10.2. The van der Waals surface area contributed by atoms with Gasteiger partial charge in [0.25, 0.3) is 0 Å². The predicted octanol–water partition coefficient (Wildman–Crippen LogP) is 3.87. The summed E-state index contributed by atoms with van der Waals surface area (Å²) in [5, 5.41) is 7.35. The van der Waals surface area contributed by atoms with E-state index < -0.39 is 0 Å². The first-order chi connectivity index (χ1) is 16.6. The van der Waals surface area contributed by atoms with Gasteiger partial charge in [-0.1, -0.05) is 0 Å². The molecule has 0 amide bonds. The Bertz CT molecular complexity index is 1130. The predicted molar refractivity (Wildman–Crippen MR) is 135 cm³/mol. The van der Waals surface area contributed by atoms with Crippen molar-refractivity contribution < 1.29 is 18.6 Å². The molecule has 2 aromatic carbocycles. The Morgan fingerprint density at radius 2 is 1.80 bits per heavy atom. The minimum Gasteiger partial charge on any atom is -0.493 e. The molecule has 0 bridgehead atoms. The lowest BCUT2D eigenvalue weighted by molar-refractivity contribution is 0.122. The highest BCUT2D eigenvalue weighted by atomic mass is 35.5. The van der Waals surface area contributed by atoms with E-state index in [1.165, 1.54) is 12.1 Å². The van der Waals surface area contributed by atoms with Gasteiger partial charge in [-0.2, -0.15) is 20.1 Å². The minimum absolute atomic E-state index is 0. The molecule has 0 aliphatic carbocycles. The third-order valence-corrected chi connectivity index (χ3v) is 4.88. The van der Waals surface area contributed by atoms with Crippen molar-refractivity contribution >= 4 is 42.2 Å². The quantitative estimate of drug-likeness (QED) is 0.332. The molecule has 1 aliphatic rings. The number of anilines is 4. The van der Waals surface area contributed by atoms with E-state index in [-0.39, 0.29) is 24.2 Å². The molecule has 1 saturated heterocycles. The first kappa shape index (κ1) is 25.9. The number of hydrazone groups is 1. The van der Waals surface area contributed by atoms with Gasteiger partial charge >= 0.3 is 0 Å². The van der Waals surface area contributed by atoms with Crippen molar-refractivity contribution in [2.24, 2.45) is 5.10 Å². The summed E-state index contributed by atoms with van der Waals surface area (Å²) < 4.78 is 29.6. The molecule has 0 radical (unpaired) electrons. The summed E-state index contributed by atoms with van der Waals surface area (Å²) in [6, 6.07) is 11.5. The topological polar surface area (TPSA) is 106 Å². The van der Waals surface area contributed by atoms with Gasteiger partial charge < -0.3 is 24.4 Å². The smallest absolute Gasteiger partial charge is 0.250 e. The Balaban J connectivity index is 0.00000342. The number of ether oxygens (including phenoxy) is 3. The van der Waals surface area contributed by atoms with E-state index in [1.807, 2.05) is 30.0 Å². The van der Waals surface area contributed by atoms with Crippen LogP contribution in [-0.4, -0.2) is 61.2 Å². The highest BCUT2D eigenvalue weighted by Gasteiger charge is 2.17. The standard InChI is InChI=1S/C23H26FN7O3.ClH/c1-3-34-19-9-4-16(14-20(19)32-2)15-25-30-22-27-21(26-18-7-5-17(24)6-8-18)28-23(29-22)31-10-12-33-13-11-31;/h4-9,14-15H,3,10-13H2,1-2H3,(H2,26,27,28,29,30);1H/b25-15+;. The first-order valence-corrected chi connectivity index (χ1v) is 10.9. The second kappa shape index (κ2) is 12.7. The van der Waals surface area contributed by atoms with Gasteiger partial charge in [0.15, 0.2) is 11.5 Å². The maximum atomic E-state index is 13.3. The maximum Gasteiger partial charge on any atom is 0.250 e. The van der Waals surface area contributed by atoms with Crippen molar-refractivity contribution in [3.63, 3.8) is 0 Å². The molecule has 35 heavy (non-hydrogen) atoms. The molecule has 3 aromatic rings. The van der Waals surface area contributed by atoms with E-state index in [0.29, 0.717) is 62.0 Å². The molecule has 1 aromatic heterocycles. The number of benzene rings is 2. The number of nitrogens with zero attached hydrogens (tertiary/aromatic N) is 5. The molecule has 2 N–H and O–H groups in total. The molecular formula is C23H27ClFN7O3. The number of hydrogen-bond acceptors (Lipinski definition) is 10. The number of nitrogens with one attached hydrogen (secondary N) is 2. The average molecular weight is 504 g/mol. The molecule has 12 heteroatoms. The fraction of sp³-hybridized carbons (Fsp3) is 0.304. The number of aromatic nitrogens is 3. The largest absolute Gasteiger partial charge is 0.493 e. The van der Waals surface area contributed by atoms with Crippen LogP contribution in [0.15, 0.2) is 47.6 Å². The van der Waals surface area contributed by atoms with Crippen LogP contribution in [0.3, 0.4) is 0 Å². The van der Waals surface area contributed by atoms with E-state index in [1.54, 1.807) is 25.5 Å². The van der Waals surface area contributed by atoms with Gasteiger partial charge in [-0.25, -0.2) is 9.82 Å². The van der Waals surface area contributed by atoms with Crippen molar-refractivity contribution in [1.29, 1.82) is 0 Å². The van der Waals surface area contributed by atoms with E-state index >= 15 is 0 Å². The fourth-order valence-electron chi connectivity index (χ4n) is 3.24. The maximum absolute atomic E-state index is 13.3. The molecule has 0 spiro atoms. The first-order valence-electron chi connectivity index (χ1n) is 10.9. The van der Waals surface area contributed by atoms with Crippen LogP contribution in [0.5, 0.6) is 11.5 Å². The van der Waals surface area contributed by atoms with Gasteiger partial charge in [-0.3, -0.25) is 0 Å². The normalized spacial score (nSPS) is 13.3. The number of rotatable bonds is 9. The van der Waals surface area contributed by atoms with Gasteiger partial charge in [0, 0.05) is 18.8 Å². The zero-order chi connectivity index (χ0) is 23.8. The van der Waals surface area contributed by atoms with Crippen molar-refractivity contribution in [3.05, 3.63) is 53.8 Å². The lowest BCUT2D eigenvalue weighted by Crippen LogP contribution is -2.37. The Kier molecular flexibility index (Phi) is 9.39. The van der Waals surface area contributed by atoms with E-state index in [4.69, 9.17) is 14.2 Å². The number of morpholine rings is 1. The van der Waals surface area contributed by atoms with Crippen LogP contribution in [0.4, 0.5) is 27.9 Å². The molecule has 1 fully saturated rings. The van der Waals surface area contributed by atoms with Gasteiger partial charge in [0.05, 0.1) is 33.1 Å². The summed E-state index contributed by atoms with van der Waals surface area (Å²) in [6.45, 7) is 4.96. The molecule has 4 rings (SSSR count). The Hall–Kier alpha value is -3.70. The van der Waals surface area contributed by atoms with Gasteiger partial charge in [0.1, 0.15) is 5.82 Å². The van der Waals surface area contributed by atoms with Crippen molar-refractivity contribution in [1.82, 2.24) is 15.0 Å². The second-order valence-corrected chi connectivity index (χ2v) is 7.23. The van der Waals surface area contributed by atoms with Crippen LogP contribution in [-0.2, 0) is 4.74 Å². The lowest BCUT2D eigenvalue weighted by Gasteiger charge is -2.27. The second-order valence-electron chi connectivity index (χ2n) is 7.23. The Morgan fingerprint density at radius 1 is 1.06 bits per heavy atom. The summed E-state index contributed by atoms with van der Waals surface area (Å²) in [7, 11) is 1.59. The molecule has 1 aliphatic heterocycles. The van der Waals surface area contributed by atoms with E-state index in [2.05, 4.69) is 30.8 Å². The third kappa shape index (κ3) is 7.14. The molecule has 2 heterocycles. The van der Waals surface area contributed by atoms with Crippen LogP contribution in [0, 0.1) is 5.82 Å². The molecular weight excluding hydrogens is 477 g/mol. The van der Waals surface area contributed by atoms with Crippen molar-refractivity contribution in [3.8, 4) is 11.5 Å². The number of methoxy groups -OCH3 is 1. The summed E-state index contributed by atoms with van der Waals surface area (Å²) in [4.78, 5) is 15.4. The van der Waals surface area contributed by atoms with E-state index in [0.717, 1.165) is 5.56 Å². The Labute approximate surface area is 209 Å². The highest BCUT2D eigenvalue weighted by molar-refractivity contribution is 5.85. The van der Waals surface area contributed by atoms with Gasteiger partial charge in [0.2, 0.25) is 17.8 Å². The van der Waals surface area contributed by atoms with Crippen molar-refractivity contribution in [2.45, 2.75) is 6.92 Å². The minimum atomic E-state index is -0.321. The fourth-order valence-corrected chi connectivity index (χ4v) is 3.24. The summed E-state index contributed by atoms with van der Waals surface area (Å²) in [6.07, 6.45) is 1.63. The molecule has 0 atom stereocenters. The monoisotopic (exact) mass is 503 g/mol. The van der Waals surface area contributed by atoms with Crippen LogP contribution in [0.1, 0.15) is 12.5 Å².